The summed E-state index contributed by atoms with van der Waals surface area (Å²) in [5.74, 6) is -1.38. The number of aryl methyl sites for hydroxylation is 1. The van der Waals surface area contributed by atoms with Gasteiger partial charge in [-0.3, -0.25) is 0 Å². The molecule has 0 amide bonds. The predicted octanol–water partition coefficient (Wildman–Crippen LogP) is 2.02. The van der Waals surface area contributed by atoms with Gasteiger partial charge in [0.15, 0.2) is 5.69 Å². The van der Waals surface area contributed by atoms with Crippen LogP contribution in [0.25, 0.3) is 5.69 Å². The highest BCUT2D eigenvalue weighted by Gasteiger charge is 2.08. The smallest absolute Gasteiger partial charge is 0.356 e. The van der Waals surface area contributed by atoms with Gasteiger partial charge in [0.2, 0.25) is 0 Å². The number of carboxylic acids is 1. The third-order valence-corrected chi connectivity index (χ3v) is 2.24. The van der Waals surface area contributed by atoms with Crippen molar-refractivity contribution < 1.29 is 14.3 Å². The van der Waals surface area contributed by atoms with Gasteiger partial charge in [0, 0.05) is 11.9 Å². The van der Waals surface area contributed by atoms with Crippen LogP contribution >= 0.6 is 0 Å². The number of carboxylic acid groups (broad SMARTS) is 1. The third kappa shape index (κ3) is 1.79. The topological polar surface area (TPSA) is 55.1 Å². The highest BCUT2D eigenvalue weighted by atomic mass is 19.1. The summed E-state index contributed by atoms with van der Waals surface area (Å²) in [5.41, 5.74) is 1.14. The normalized spacial score (nSPS) is 10.4. The summed E-state index contributed by atoms with van der Waals surface area (Å²) < 4.78 is 14.6. The van der Waals surface area contributed by atoms with Crippen LogP contribution in [0.3, 0.4) is 0 Å². The second kappa shape index (κ2) is 3.77. The van der Waals surface area contributed by atoms with Gasteiger partial charge in [-0.25, -0.2) is 14.2 Å². The van der Waals surface area contributed by atoms with Crippen molar-refractivity contribution in [2.24, 2.45) is 0 Å². The first kappa shape index (κ1) is 10.4. The second-order valence-corrected chi connectivity index (χ2v) is 3.40. The van der Waals surface area contributed by atoms with Crippen molar-refractivity contribution in [3.05, 3.63) is 47.8 Å². The van der Waals surface area contributed by atoms with Gasteiger partial charge < -0.3 is 9.67 Å². The quantitative estimate of drug-likeness (QED) is 0.842. The molecule has 0 aliphatic carbocycles. The van der Waals surface area contributed by atoms with E-state index in [9.17, 15) is 9.18 Å². The number of aromatic carboxylic acids is 1. The molecule has 0 fully saturated rings. The van der Waals surface area contributed by atoms with E-state index in [0.717, 1.165) is 0 Å². The van der Waals surface area contributed by atoms with Crippen LogP contribution < -0.4 is 0 Å². The van der Waals surface area contributed by atoms with Crippen molar-refractivity contribution in [2.45, 2.75) is 6.92 Å². The Morgan fingerprint density at radius 3 is 2.81 bits per heavy atom. The van der Waals surface area contributed by atoms with E-state index in [-0.39, 0.29) is 11.5 Å². The highest BCUT2D eigenvalue weighted by Crippen LogP contribution is 2.13. The summed E-state index contributed by atoms with van der Waals surface area (Å²) in [6, 6.07) is 4.53. The number of carbonyl (C=O) groups is 1. The molecule has 0 bridgehead atoms. The standard InChI is InChI=1S/C11H9FN2O2/c1-7-4-8(2-3-9(7)12)14-5-10(11(15)16)13-6-14/h2-6H,1H3,(H,15,16). The summed E-state index contributed by atoms with van der Waals surface area (Å²) in [6.07, 6.45) is 2.77. The molecule has 1 heterocycles. The zero-order valence-electron chi connectivity index (χ0n) is 8.51. The van der Waals surface area contributed by atoms with Crippen LogP contribution in [0.15, 0.2) is 30.7 Å². The number of nitrogens with zero attached hydrogens (tertiary/aromatic N) is 2. The predicted molar refractivity (Wildman–Crippen MR) is 55.2 cm³/mol. The van der Waals surface area contributed by atoms with Crippen molar-refractivity contribution in [3.8, 4) is 5.69 Å². The molecule has 0 aliphatic rings. The molecule has 1 aromatic carbocycles. The van der Waals surface area contributed by atoms with E-state index >= 15 is 0 Å². The van der Waals surface area contributed by atoms with Crippen LogP contribution in [0.2, 0.25) is 0 Å². The first-order valence-electron chi connectivity index (χ1n) is 4.62. The third-order valence-electron chi connectivity index (χ3n) is 2.24. The van der Waals surface area contributed by atoms with E-state index in [0.29, 0.717) is 11.3 Å². The minimum absolute atomic E-state index is 0.0398. The molecule has 0 radical (unpaired) electrons. The number of halogens is 1. The fraction of sp³-hybridized carbons (Fsp3) is 0.0909. The summed E-state index contributed by atoms with van der Waals surface area (Å²) in [6.45, 7) is 1.65. The zero-order chi connectivity index (χ0) is 11.7. The van der Waals surface area contributed by atoms with Gasteiger partial charge >= 0.3 is 5.97 Å². The molecule has 82 valence electrons. The number of benzene rings is 1. The van der Waals surface area contributed by atoms with Gasteiger partial charge in [0.25, 0.3) is 0 Å². The van der Waals surface area contributed by atoms with Crippen molar-refractivity contribution in [2.75, 3.05) is 0 Å². The molecule has 1 N–H and O–H groups in total. The summed E-state index contributed by atoms with van der Waals surface area (Å²) >= 11 is 0. The first-order valence-corrected chi connectivity index (χ1v) is 4.62. The Kier molecular flexibility index (Phi) is 2.44. The molecule has 5 heteroatoms. The fourth-order valence-corrected chi connectivity index (χ4v) is 1.36. The van der Waals surface area contributed by atoms with Gasteiger partial charge in [0.1, 0.15) is 12.1 Å². The molecular formula is C11H9FN2O2. The molecule has 0 spiro atoms. The minimum Gasteiger partial charge on any atom is -0.476 e. The molecule has 0 saturated heterocycles. The Labute approximate surface area is 91.0 Å². The largest absolute Gasteiger partial charge is 0.476 e. The van der Waals surface area contributed by atoms with E-state index in [4.69, 9.17) is 5.11 Å². The first-order chi connectivity index (χ1) is 7.58. The van der Waals surface area contributed by atoms with Crippen LogP contribution in [0.5, 0.6) is 0 Å². The van der Waals surface area contributed by atoms with Crippen molar-refractivity contribution in [1.29, 1.82) is 0 Å². The molecule has 2 aromatic rings. The zero-order valence-corrected chi connectivity index (χ0v) is 8.51. The van der Waals surface area contributed by atoms with Crippen molar-refractivity contribution in [3.63, 3.8) is 0 Å². The fourth-order valence-electron chi connectivity index (χ4n) is 1.36. The average Bonchev–Trinajstić information content (AvgIpc) is 2.71. The van der Waals surface area contributed by atoms with Gasteiger partial charge in [-0.05, 0) is 30.7 Å². The molecule has 0 aliphatic heterocycles. The van der Waals surface area contributed by atoms with Crippen molar-refractivity contribution >= 4 is 5.97 Å². The van der Waals surface area contributed by atoms with E-state index in [2.05, 4.69) is 4.98 Å². The number of hydrogen-bond acceptors (Lipinski definition) is 2. The van der Waals surface area contributed by atoms with E-state index < -0.39 is 5.97 Å². The second-order valence-electron chi connectivity index (χ2n) is 3.40. The Balaban J connectivity index is 2.42. The number of imidazole rings is 1. The van der Waals surface area contributed by atoms with Gasteiger partial charge in [-0.1, -0.05) is 0 Å². The lowest BCUT2D eigenvalue weighted by Gasteiger charge is -2.03. The van der Waals surface area contributed by atoms with Crippen LogP contribution in [0.1, 0.15) is 16.1 Å². The molecule has 2 rings (SSSR count). The van der Waals surface area contributed by atoms with E-state index in [1.807, 2.05) is 0 Å². The molecule has 0 atom stereocenters. The van der Waals surface area contributed by atoms with Crippen LogP contribution in [-0.2, 0) is 0 Å². The monoisotopic (exact) mass is 220 g/mol. The van der Waals surface area contributed by atoms with Gasteiger partial charge in [-0.15, -0.1) is 0 Å². The number of aromatic nitrogens is 2. The van der Waals surface area contributed by atoms with E-state index in [1.54, 1.807) is 19.1 Å². The van der Waals surface area contributed by atoms with Crippen LogP contribution in [0.4, 0.5) is 4.39 Å². The lowest BCUT2D eigenvalue weighted by atomic mass is 10.2. The molecule has 0 saturated carbocycles. The minimum atomic E-state index is -1.09. The Bertz CT molecular complexity index is 549. The molecular weight excluding hydrogens is 211 g/mol. The highest BCUT2D eigenvalue weighted by molar-refractivity contribution is 5.85. The van der Waals surface area contributed by atoms with Crippen LogP contribution in [-0.4, -0.2) is 20.6 Å². The Morgan fingerprint density at radius 2 is 2.25 bits per heavy atom. The number of rotatable bonds is 2. The maximum absolute atomic E-state index is 13.0. The Morgan fingerprint density at radius 1 is 1.50 bits per heavy atom. The summed E-state index contributed by atoms with van der Waals surface area (Å²) in [7, 11) is 0. The van der Waals surface area contributed by atoms with Crippen LogP contribution in [0, 0.1) is 12.7 Å². The molecule has 16 heavy (non-hydrogen) atoms. The molecule has 0 unspecified atom stereocenters. The van der Waals surface area contributed by atoms with E-state index in [1.165, 1.54) is 23.2 Å². The lowest BCUT2D eigenvalue weighted by Crippen LogP contribution is -1.96. The SMILES string of the molecule is Cc1cc(-n2cnc(C(=O)O)c2)ccc1F. The molecule has 1 aromatic heterocycles. The number of hydrogen-bond donors (Lipinski definition) is 1. The average molecular weight is 220 g/mol. The maximum atomic E-state index is 13.0. The molecule has 4 nitrogen and oxygen atoms in total. The summed E-state index contributed by atoms with van der Waals surface area (Å²) in [5, 5.41) is 8.71. The summed E-state index contributed by atoms with van der Waals surface area (Å²) in [4.78, 5) is 14.3. The lowest BCUT2D eigenvalue weighted by molar-refractivity contribution is 0.0691. The van der Waals surface area contributed by atoms with Gasteiger partial charge in [-0.2, -0.15) is 0 Å². The maximum Gasteiger partial charge on any atom is 0.356 e. The van der Waals surface area contributed by atoms with Gasteiger partial charge in [0.05, 0.1) is 0 Å². The van der Waals surface area contributed by atoms with Crippen molar-refractivity contribution in [1.82, 2.24) is 9.55 Å². The Hall–Kier alpha value is -2.17.